The van der Waals surface area contributed by atoms with Crippen molar-refractivity contribution in [2.45, 2.75) is 39.3 Å². The molecule has 1 atom stereocenters. The lowest BCUT2D eigenvalue weighted by molar-refractivity contribution is 0.0219. The lowest BCUT2D eigenvalue weighted by Gasteiger charge is -2.41. The number of nitriles is 1. The summed E-state index contributed by atoms with van der Waals surface area (Å²) < 4.78 is 28.9. The Morgan fingerprint density at radius 3 is 2.40 bits per heavy atom. The number of sulfone groups is 1. The van der Waals surface area contributed by atoms with E-state index < -0.39 is 15.4 Å². The highest BCUT2D eigenvalue weighted by atomic mass is 32.2. The lowest BCUT2D eigenvalue weighted by Crippen LogP contribution is -2.54. The van der Waals surface area contributed by atoms with Gasteiger partial charge in [-0.05, 0) is 45.9 Å². The molecule has 164 valence electrons. The van der Waals surface area contributed by atoms with Crippen LogP contribution in [0.15, 0.2) is 18.2 Å². The highest BCUT2D eigenvalue weighted by molar-refractivity contribution is 7.91. The number of anilines is 2. The number of amides is 1. The fraction of sp³-hybridized carbons (Fsp3) is 0.619. The van der Waals surface area contributed by atoms with Crippen LogP contribution in [0.25, 0.3) is 0 Å². The quantitative estimate of drug-likeness (QED) is 0.704. The van der Waals surface area contributed by atoms with E-state index in [-0.39, 0.29) is 23.6 Å². The minimum absolute atomic E-state index is 0.0730. The van der Waals surface area contributed by atoms with Crippen molar-refractivity contribution in [2.75, 3.05) is 54.0 Å². The van der Waals surface area contributed by atoms with Gasteiger partial charge in [0.1, 0.15) is 11.7 Å². The van der Waals surface area contributed by atoms with Crippen LogP contribution in [0.4, 0.5) is 16.2 Å². The number of carbonyl (C=O) groups is 1. The van der Waals surface area contributed by atoms with Gasteiger partial charge in [0.2, 0.25) is 0 Å². The molecule has 2 aliphatic heterocycles. The van der Waals surface area contributed by atoms with E-state index in [0.29, 0.717) is 38.3 Å². The van der Waals surface area contributed by atoms with E-state index in [1.165, 1.54) is 0 Å². The highest BCUT2D eigenvalue weighted by Crippen LogP contribution is 2.29. The molecule has 0 saturated carbocycles. The van der Waals surface area contributed by atoms with Gasteiger partial charge in [-0.2, -0.15) is 5.26 Å². The molecule has 2 heterocycles. The minimum Gasteiger partial charge on any atom is -0.444 e. The lowest BCUT2D eigenvalue weighted by atomic mass is 10.1. The second-order valence-corrected chi connectivity index (χ2v) is 11.2. The van der Waals surface area contributed by atoms with E-state index in [9.17, 15) is 18.5 Å². The number of piperazine rings is 1. The van der Waals surface area contributed by atoms with Gasteiger partial charge in [0.15, 0.2) is 9.84 Å². The number of ether oxygens (including phenoxy) is 1. The Hall–Kier alpha value is -2.47. The molecular formula is C21H30N4O4S. The molecule has 0 aliphatic carbocycles. The van der Waals surface area contributed by atoms with E-state index in [4.69, 9.17) is 4.74 Å². The second kappa shape index (κ2) is 8.34. The van der Waals surface area contributed by atoms with Crippen LogP contribution in [0.2, 0.25) is 0 Å². The first kappa shape index (κ1) is 22.2. The van der Waals surface area contributed by atoms with Gasteiger partial charge >= 0.3 is 6.09 Å². The van der Waals surface area contributed by atoms with Crippen LogP contribution in [0.5, 0.6) is 0 Å². The van der Waals surface area contributed by atoms with Crippen LogP contribution < -0.4 is 9.80 Å². The SMILES string of the molecule is C[C@H]1CN(C(=O)OC(C)(C)C)CCN1c1ccc(N2CCS(=O)(=O)CC2)c(C#N)c1. The maximum atomic E-state index is 12.4. The molecular weight excluding hydrogens is 404 g/mol. The number of carbonyl (C=O) groups excluding carboxylic acids is 1. The van der Waals surface area contributed by atoms with Crippen molar-refractivity contribution < 1.29 is 17.9 Å². The monoisotopic (exact) mass is 434 g/mol. The van der Waals surface area contributed by atoms with E-state index in [2.05, 4.69) is 11.0 Å². The normalized spacial score (nSPS) is 21.8. The Morgan fingerprint density at radius 2 is 1.83 bits per heavy atom. The van der Waals surface area contributed by atoms with Crippen molar-refractivity contribution in [1.29, 1.82) is 5.26 Å². The van der Waals surface area contributed by atoms with Crippen molar-refractivity contribution in [3.63, 3.8) is 0 Å². The van der Waals surface area contributed by atoms with Crippen LogP contribution in [-0.4, -0.2) is 75.3 Å². The molecule has 0 unspecified atom stereocenters. The van der Waals surface area contributed by atoms with Crippen LogP contribution in [0.1, 0.15) is 33.3 Å². The predicted molar refractivity (Wildman–Crippen MR) is 117 cm³/mol. The van der Waals surface area contributed by atoms with E-state index in [1.54, 1.807) is 4.90 Å². The largest absolute Gasteiger partial charge is 0.444 e. The van der Waals surface area contributed by atoms with Crippen molar-refractivity contribution >= 4 is 27.3 Å². The van der Waals surface area contributed by atoms with Crippen LogP contribution in [0, 0.1) is 11.3 Å². The Kier molecular flexibility index (Phi) is 6.18. The summed E-state index contributed by atoms with van der Waals surface area (Å²) in [6, 6.07) is 8.06. The summed E-state index contributed by atoms with van der Waals surface area (Å²) in [6.07, 6.45) is -0.304. The van der Waals surface area contributed by atoms with Crippen molar-refractivity contribution in [3.8, 4) is 6.07 Å². The van der Waals surface area contributed by atoms with E-state index in [1.807, 2.05) is 50.8 Å². The molecule has 1 amide bonds. The summed E-state index contributed by atoms with van der Waals surface area (Å²) in [6.45, 7) is 10.2. The van der Waals surface area contributed by atoms with Gasteiger partial charge in [0.05, 0.1) is 22.8 Å². The molecule has 9 heteroatoms. The third-order valence-electron chi connectivity index (χ3n) is 5.40. The Morgan fingerprint density at radius 1 is 1.17 bits per heavy atom. The molecule has 0 radical (unpaired) electrons. The molecule has 2 saturated heterocycles. The predicted octanol–water partition coefficient (Wildman–Crippen LogP) is 2.24. The zero-order valence-electron chi connectivity index (χ0n) is 18.1. The first-order valence-corrected chi connectivity index (χ1v) is 12.1. The average molecular weight is 435 g/mol. The molecule has 0 aromatic heterocycles. The Labute approximate surface area is 178 Å². The van der Waals surface area contributed by atoms with E-state index >= 15 is 0 Å². The standard InChI is InChI=1S/C21H30N4O4S/c1-16-15-24(20(26)29-21(2,3)4)7-8-25(16)18-5-6-19(17(13-18)14-22)23-9-11-30(27,28)12-10-23/h5-6,13,16H,7-12,15H2,1-4H3/t16-/m0/s1. The van der Waals surface area contributed by atoms with Crippen molar-refractivity contribution in [1.82, 2.24) is 4.90 Å². The summed E-state index contributed by atoms with van der Waals surface area (Å²) in [4.78, 5) is 18.2. The number of hydrogen-bond acceptors (Lipinski definition) is 7. The number of rotatable bonds is 2. The first-order valence-electron chi connectivity index (χ1n) is 10.2. The van der Waals surface area contributed by atoms with Gasteiger partial charge < -0.3 is 19.4 Å². The van der Waals surface area contributed by atoms with Crippen LogP contribution in [-0.2, 0) is 14.6 Å². The van der Waals surface area contributed by atoms with Crippen LogP contribution in [0.3, 0.4) is 0 Å². The highest BCUT2D eigenvalue weighted by Gasteiger charge is 2.30. The van der Waals surface area contributed by atoms with Gasteiger partial charge in [-0.1, -0.05) is 0 Å². The topological polar surface area (TPSA) is 93.9 Å². The fourth-order valence-electron chi connectivity index (χ4n) is 3.85. The molecule has 0 spiro atoms. The fourth-order valence-corrected chi connectivity index (χ4v) is 5.06. The van der Waals surface area contributed by atoms with Crippen molar-refractivity contribution in [2.24, 2.45) is 0 Å². The van der Waals surface area contributed by atoms with Crippen LogP contribution >= 0.6 is 0 Å². The first-order chi connectivity index (χ1) is 14.0. The maximum Gasteiger partial charge on any atom is 0.410 e. The van der Waals surface area contributed by atoms with Gasteiger partial charge in [-0.15, -0.1) is 0 Å². The molecule has 30 heavy (non-hydrogen) atoms. The molecule has 1 aromatic rings. The van der Waals surface area contributed by atoms with Gasteiger partial charge in [0.25, 0.3) is 0 Å². The molecule has 1 aromatic carbocycles. The van der Waals surface area contributed by atoms with Gasteiger partial charge in [-0.3, -0.25) is 0 Å². The van der Waals surface area contributed by atoms with Gasteiger partial charge in [0, 0.05) is 44.5 Å². The average Bonchev–Trinajstić information content (AvgIpc) is 2.66. The van der Waals surface area contributed by atoms with E-state index in [0.717, 1.165) is 11.4 Å². The molecule has 0 N–H and O–H groups in total. The third-order valence-corrected chi connectivity index (χ3v) is 7.01. The molecule has 0 bridgehead atoms. The molecule has 2 fully saturated rings. The number of hydrogen-bond donors (Lipinski definition) is 0. The molecule has 8 nitrogen and oxygen atoms in total. The summed E-state index contributed by atoms with van der Waals surface area (Å²) >= 11 is 0. The number of nitrogens with zero attached hydrogens (tertiary/aromatic N) is 4. The number of benzene rings is 1. The smallest absolute Gasteiger partial charge is 0.410 e. The Balaban J connectivity index is 1.71. The van der Waals surface area contributed by atoms with Gasteiger partial charge in [-0.25, -0.2) is 13.2 Å². The third kappa shape index (κ3) is 5.17. The summed E-state index contributed by atoms with van der Waals surface area (Å²) in [5.41, 5.74) is 1.71. The van der Waals surface area contributed by atoms with Crippen molar-refractivity contribution in [3.05, 3.63) is 23.8 Å². The summed E-state index contributed by atoms with van der Waals surface area (Å²) in [5.74, 6) is 0.229. The minimum atomic E-state index is -2.97. The molecule has 3 rings (SSSR count). The summed E-state index contributed by atoms with van der Waals surface area (Å²) in [7, 11) is -2.97. The zero-order chi connectivity index (χ0) is 22.1. The summed E-state index contributed by atoms with van der Waals surface area (Å²) in [5, 5.41) is 9.68. The Bertz CT molecular complexity index is 935. The maximum absolute atomic E-state index is 12.4. The second-order valence-electron chi connectivity index (χ2n) is 8.92. The molecule has 2 aliphatic rings. The zero-order valence-corrected chi connectivity index (χ0v) is 18.9.